The second-order valence-corrected chi connectivity index (χ2v) is 19.6. The predicted octanol–water partition coefficient (Wildman–Crippen LogP) is 14.6. The highest BCUT2D eigenvalue weighted by molar-refractivity contribution is 7.47. The van der Waals surface area contributed by atoms with Gasteiger partial charge in [-0.2, -0.15) is 0 Å². The number of quaternary nitrogens is 1. The molecule has 0 aliphatic carbocycles. The maximum atomic E-state index is 12.8. The molecule has 0 heterocycles. The maximum absolute atomic E-state index is 12.8. The van der Waals surface area contributed by atoms with Crippen LogP contribution in [0.25, 0.3) is 0 Å². The van der Waals surface area contributed by atoms with E-state index in [0.717, 1.165) is 51.4 Å². The molecule has 1 amide bonds. The minimum atomic E-state index is -4.34. The predicted molar refractivity (Wildman–Crippen MR) is 263 cm³/mol. The average molecular weight is 878 g/mol. The molecule has 0 spiro atoms. The third-order valence-electron chi connectivity index (χ3n) is 11.0. The van der Waals surface area contributed by atoms with Gasteiger partial charge in [0.15, 0.2) is 0 Å². The van der Waals surface area contributed by atoms with E-state index in [1.807, 2.05) is 27.2 Å². The molecule has 0 rings (SSSR count). The number of phosphoric acid groups is 1. The second-order valence-electron chi connectivity index (χ2n) is 18.2. The number of nitrogens with one attached hydrogen (secondary N) is 1. The van der Waals surface area contributed by atoms with Crippen LogP contribution in [0.5, 0.6) is 0 Å². The molecule has 356 valence electrons. The molecule has 0 saturated carbocycles. The number of carbonyl (C=O) groups is 1. The van der Waals surface area contributed by atoms with Crippen LogP contribution in [0, 0.1) is 0 Å². The van der Waals surface area contributed by atoms with Gasteiger partial charge in [-0.1, -0.05) is 203 Å². The van der Waals surface area contributed by atoms with Gasteiger partial charge in [-0.15, -0.1) is 0 Å². The number of hydrogen-bond acceptors (Lipinski definition) is 5. The fourth-order valence-electron chi connectivity index (χ4n) is 6.93. The van der Waals surface area contributed by atoms with E-state index in [9.17, 15) is 19.4 Å². The zero-order chi connectivity index (χ0) is 45.0. The highest BCUT2D eigenvalue weighted by Gasteiger charge is 2.27. The lowest BCUT2D eigenvalue weighted by Crippen LogP contribution is -2.45. The molecule has 0 saturated heterocycles. The number of amides is 1. The van der Waals surface area contributed by atoms with Crippen LogP contribution in [0.2, 0.25) is 0 Å². The number of phosphoric ester groups is 1. The Hall–Kier alpha value is -1.80. The average Bonchev–Trinajstić information content (AvgIpc) is 3.21. The Morgan fingerprint density at radius 1 is 0.557 bits per heavy atom. The molecule has 3 N–H and O–H groups in total. The summed E-state index contributed by atoms with van der Waals surface area (Å²) in [5, 5.41) is 13.7. The third-order valence-corrected chi connectivity index (χ3v) is 11.9. The lowest BCUT2D eigenvalue weighted by atomic mass is 10.0. The topological polar surface area (TPSA) is 105 Å². The third kappa shape index (κ3) is 46.0. The lowest BCUT2D eigenvalue weighted by molar-refractivity contribution is -0.870. The van der Waals surface area contributed by atoms with Crippen LogP contribution in [-0.4, -0.2) is 73.4 Å². The van der Waals surface area contributed by atoms with Crippen molar-refractivity contribution in [2.24, 2.45) is 0 Å². The first kappa shape index (κ1) is 59.2. The van der Waals surface area contributed by atoms with Crippen LogP contribution < -0.4 is 5.32 Å². The smallest absolute Gasteiger partial charge is 0.387 e. The number of aliphatic hydroxyl groups excluding tert-OH is 1. The number of likely N-dealkylation sites (N-methyl/N-ethyl adjacent to an activating group) is 1. The summed E-state index contributed by atoms with van der Waals surface area (Å²) >= 11 is 0. The van der Waals surface area contributed by atoms with E-state index >= 15 is 0 Å². The Labute approximate surface area is 377 Å². The molecule has 3 unspecified atom stereocenters. The van der Waals surface area contributed by atoms with Crippen LogP contribution >= 0.6 is 7.82 Å². The first-order chi connectivity index (χ1) is 29.5. The van der Waals surface area contributed by atoms with Gasteiger partial charge in [0, 0.05) is 6.42 Å². The molecule has 0 aliphatic rings. The molecule has 0 aromatic rings. The lowest BCUT2D eigenvalue weighted by Gasteiger charge is -2.25. The van der Waals surface area contributed by atoms with E-state index in [1.54, 1.807) is 6.08 Å². The molecule has 8 nitrogen and oxygen atoms in total. The van der Waals surface area contributed by atoms with Crippen LogP contribution in [-0.2, 0) is 18.4 Å². The molecule has 61 heavy (non-hydrogen) atoms. The molecule has 0 aliphatic heterocycles. The number of aliphatic hydroxyl groups is 1. The molecule has 0 fully saturated rings. The SMILES string of the molecule is CCCC/C=C/CC/C=C/C(O)C(COP(=O)(O)OCC[N+](C)(C)C)NC(=O)CCCCCCCCCCCCCCCCCC/C=C\C/C=C\C/C=C\CCCCCCC. The Kier molecular flexibility index (Phi) is 42.2. The summed E-state index contributed by atoms with van der Waals surface area (Å²) in [6.07, 6.45) is 57.7. The van der Waals surface area contributed by atoms with Gasteiger partial charge in [-0.3, -0.25) is 13.8 Å². The Morgan fingerprint density at radius 3 is 1.48 bits per heavy atom. The van der Waals surface area contributed by atoms with Crippen molar-refractivity contribution < 1.29 is 32.9 Å². The zero-order valence-corrected chi connectivity index (χ0v) is 41.3. The van der Waals surface area contributed by atoms with E-state index < -0.39 is 20.0 Å². The highest BCUT2D eigenvalue weighted by atomic mass is 31.2. The normalized spacial score (nSPS) is 14.7. The van der Waals surface area contributed by atoms with E-state index in [1.165, 1.54) is 141 Å². The second kappa shape index (κ2) is 43.5. The van der Waals surface area contributed by atoms with Gasteiger partial charge in [0.2, 0.25) is 5.91 Å². The van der Waals surface area contributed by atoms with Crippen molar-refractivity contribution in [1.29, 1.82) is 0 Å². The van der Waals surface area contributed by atoms with Crippen molar-refractivity contribution >= 4 is 13.7 Å². The van der Waals surface area contributed by atoms with Gasteiger partial charge < -0.3 is 19.8 Å². The summed E-state index contributed by atoms with van der Waals surface area (Å²) in [6, 6.07) is -0.861. The minimum absolute atomic E-state index is 0.0545. The van der Waals surface area contributed by atoms with Gasteiger partial charge >= 0.3 is 7.82 Å². The highest BCUT2D eigenvalue weighted by Crippen LogP contribution is 2.43. The van der Waals surface area contributed by atoms with Crippen LogP contribution in [0.1, 0.15) is 213 Å². The number of unbranched alkanes of at least 4 members (excludes halogenated alkanes) is 24. The summed E-state index contributed by atoms with van der Waals surface area (Å²) in [7, 11) is 1.55. The van der Waals surface area contributed by atoms with Gasteiger partial charge in [-0.05, 0) is 64.2 Å². The first-order valence-electron chi connectivity index (χ1n) is 25.2. The standard InChI is InChI=1S/C52H97N2O6P/c1-6-8-10-12-14-16-17-18-19-20-21-22-23-24-25-26-27-28-29-30-31-32-33-34-35-36-37-38-40-42-44-46-52(56)53-50(49-60-61(57,58)59-48-47-54(3,4)5)51(55)45-43-41-39-15-13-11-9-7-2/h13,15,17-18,20-21,23-24,43,45,50-51,55H,6-12,14,16,19,22,25-42,44,46-49H2,1-5H3,(H-,53,56,57,58)/p+1/b15-13+,18-17-,21-20-,24-23-,45-43+. The zero-order valence-electron chi connectivity index (χ0n) is 40.4. The van der Waals surface area contributed by atoms with E-state index in [0.29, 0.717) is 17.4 Å². The number of hydrogen-bond donors (Lipinski definition) is 3. The number of nitrogens with zero attached hydrogens (tertiary/aromatic N) is 1. The summed E-state index contributed by atoms with van der Waals surface area (Å²) < 4.78 is 23.5. The minimum Gasteiger partial charge on any atom is -0.387 e. The largest absolute Gasteiger partial charge is 0.472 e. The summed E-state index contributed by atoms with van der Waals surface area (Å²) in [6.45, 7) is 4.70. The van der Waals surface area contributed by atoms with Crippen molar-refractivity contribution in [2.75, 3.05) is 40.9 Å². The fourth-order valence-corrected chi connectivity index (χ4v) is 7.67. The van der Waals surface area contributed by atoms with Crippen LogP contribution in [0.4, 0.5) is 0 Å². The molecule has 0 aromatic carbocycles. The summed E-state index contributed by atoms with van der Waals surface area (Å²) in [4.78, 5) is 23.1. The molecular formula is C52H98N2O6P+. The van der Waals surface area contributed by atoms with Gasteiger partial charge in [0.1, 0.15) is 13.2 Å². The van der Waals surface area contributed by atoms with Crippen LogP contribution in [0.3, 0.4) is 0 Å². The van der Waals surface area contributed by atoms with Crippen molar-refractivity contribution in [3.05, 3.63) is 60.8 Å². The van der Waals surface area contributed by atoms with Gasteiger partial charge in [0.25, 0.3) is 0 Å². The maximum Gasteiger partial charge on any atom is 0.472 e. The first-order valence-corrected chi connectivity index (χ1v) is 26.7. The molecule has 0 radical (unpaired) electrons. The number of carbonyl (C=O) groups excluding carboxylic acids is 1. The number of rotatable bonds is 45. The molecule has 0 aromatic heterocycles. The van der Waals surface area contributed by atoms with Crippen molar-refractivity contribution in [1.82, 2.24) is 5.32 Å². The Balaban J connectivity index is 3.99. The van der Waals surface area contributed by atoms with E-state index in [2.05, 4.69) is 67.8 Å². The Bertz CT molecular complexity index is 1180. The summed E-state index contributed by atoms with van der Waals surface area (Å²) in [5.74, 6) is -0.192. The molecule has 3 atom stereocenters. The molecule has 9 heteroatoms. The Morgan fingerprint density at radius 2 is 0.967 bits per heavy atom. The quantitative estimate of drug-likeness (QED) is 0.0244. The number of allylic oxidation sites excluding steroid dienone is 9. The van der Waals surface area contributed by atoms with Crippen molar-refractivity contribution in [3.63, 3.8) is 0 Å². The monoisotopic (exact) mass is 878 g/mol. The molecular weight excluding hydrogens is 780 g/mol. The summed E-state index contributed by atoms with van der Waals surface area (Å²) in [5.41, 5.74) is 0. The van der Waals surface area contributed by atoms with Crippen LogP contribution in [0.15, 0.2) is 60.8 Å². The van der Waals surface area contributed by atoms with E-state index in [-0.39, 0.29) is 19.1 Å². The molecule has 0 bridgehead atoms. The van der Waals surface area contributed by atoms with Crippen molar-refractivity contribution in [3.8, 4) is 0 Å². The van der Waals surface area contributed by atoms with Gasteiger partial charge in [0.05, 0.1) is 39.9 Å². The van der Waals surface area contributed by atoms with E-state index in [4.69, 9.17) is 9.05 Å². The van der Waals surface area contributed by atoms with Crippen molar-refractivity contribution in [2.45, 2.75) is 225 Å². The fraction of sp³-hybridized carbons (Fsp3) is 0.788. The van der Waals surface area contributed by atoms with Gasteiger partial charge in [-0.25, -0.2) is 4.57 Å².